The molecule has 0 aliphatic carbocycles. The molecule has 11 saturated heterocycles. The van der Waals surface area contributed by atoms with E-state index in [9.17, 15) is 195 Å². The Morgan fingerprint density at radius 3 is 1.10 bits per heavy atom. The van der Waals surface area contributed by atoms with Crippen LogP contribution in [0.1, 0.15) is 48.0 Å². The van der Waals surface area contributed by atoms with Gasteiger partial charge in [0.15, 0.2) is 62.9 Å². The van der Waals surface area contributed by atoms with Crippen molar-refractivity contribution in [2.45, 2.75) is 391 Å². The standard InChI is InChI=1S/C79H131N5O61S/c1-18-40(99)51(110)55(114)72(127-18)124-16-34-62(47(106)36(68(118)128-34)81-20(3)93)137-69-37(82-21(4)94)48(107)60(30(13-90)132-69)139-74-57(116)64(46(105)32(135-74)15-125-76-66(53(112)42(101)26(9-86)130-76)142-70-38(83-22(5)95)50(109)61(31(14-91)133-70)140-75-58(117)65(145-146(121,122)123)45(104)28(11-88)129-75)141-77-67(54(113)43(102)27(10-87)131-77)143-71-39(84-23(6)96)49(108)59(29(12-89)134-71)138-73-56(115)52(111)44(103)33(136-73)17-126-79(78(119)120)7-24(97)35(80-19(2)92)63(144-79)41(100)25(98)8-85/h18,24-77,85-91,97-118H,7-17H2,1-6H3,(H,80,92)(H,81,93)(H,82,94)(H,83,95)(H,84,96)(H,119,120)(H,121,122,123)/t18-,24-,25+,26+,27+,28+,29+,30+,31+,32+,33+,34+,35+,36+,37+,38+,39+,40+,41+,42+,43+,44-,45-,46+,47+,48+,49+,50+,51+,52-,53-,54-,55-,56+,57-,58+,59+,60+,61+,62+,63+,64-,65-,66-,67-,68+,69-,70-,71-,72+,73-,74-,75-,76-,77+,79+/m0/s1. The Morgan fingerprint density at radius 1 is 0.329 bits per heavy atom. The first-order valence-electron chi connectivity index (χ1n) is 45.8. The van der Waals surface area contributed by atoms with Gasteiger partial charge in [0, 0.05) is 41.0 Å². The fourth-order valence-electron chi connectivity index (χ4n) is 18.5. The second-order valence-corrected chi connectivity index (χ2v) is 37.5. The second kappa shape index (κ2) is 51.8. The molecule has 0 saturated carbocycles. The van der Waals surface area contributed by atoms with Crippen molar-refractivity contribution in [3.63, 3.8) is 0 Å². The zero-order valence-corrected chi connectivity index (χ0v) is 78.9. The largest absolute Gasteiger partial charge is 0.477 e. The summed E-state index contributed by atoms with van der Waals surface area (Å²) in [6.07, 6.45) is -113. The van der Waals surface area contributed by atoms with Crippen LogP contribution >= 0.6 is 0 Å². The van der Waals surface area contributed by atoms with Gasteiger partial charge in [-0.1, -0.05) is 0 Å². The minimum absolute atomic E-state index is 0.836. The topological polar surface area (TPSA) is 1030 Å². The number of aliphatic hydroxyl groups excluding tert-OH is 29. The summed E-state index contributed by atoms with van der Waals surface area (Å²) in [6.45, 7) is -6.59. The highest BCUT2D eigenvalue weighted by Gasteiger charge is 2.64. The monoisotopic (exact) mass is 2160 g/mol. The predicted octanol–water partition coefficient (Wildman–Crippen LogP) is -24.2. The lowest BCUT2D eigenvalue weighted by Gasteiger charge is -2.51. The van der Waals surface area contributed by atoms with Crippen LogP contribution in [0.15, 0.2) is 0 Å². The van der Waals surface area contributed by atoms with Crippen LogP contribution in [0.4, 0.5) is 0 Å². The van der Waals surface area contributed by atoms with Gasteiger partial charge in [-0.25, -0.2) is 8.98 Å². The van der Waals surface area contributed by atoms with Crippen molar-refractivity contribution < 1.29 is 299 Å². The molecule has 36 N–H and O–H groups in total. The summed E-state index contributed by atoms with van der Waals surface area (Å²) >= 11 is 0. The van der Waals surface area contributed by atoms with Crippen molar-refractivity contribution in [1.82, 2.24) is 26.6 Å². The SMILES string of the molecule is CC(=O)N[C@@H]1[C@@H](O)[C@H](O[C@@H]2O[C@H](CO)[C@@H](O[C@@H]3O[C@H](CO[C@H]4O[C@H](CO)[C@@H](O)[C@H](O)[C@@H]4O[C@@H]4O[C@H](CO)[C@@H](O[C@@H]5O[C@H](CO)[C@H](O)[C@H](OS(=O)(=O)O)[C@H]5O)[C@H](O)[C@H]4NC(C)=O)[C@@H](O)[C@H](O[C@H]4O[C@H](CO)[C@@H](O)[C@H](O)[C@@H]4O[C@@H]4O[C@H](CO)[C@@H](O[C@@H]5O[C@H](CO[C@]6(C(=O)O)C[C@H](O)[C@@H](NC(C)=O)[C@H]([C@H](O)[C@H](O)CO)O6)[C@H](O)[C@H](O)[C@H]5O)[C@H](O)[C@H]4NC(C)=O)[C@@H]3O)[C@H](O)[C@H]2NC(C)=O)[C@@H](CO[C@@H]2O[C@@H](C)[C@@H](O)[C@@H](O)[C@@H]2O)O[C@H]1O. The van der Waals surface area contributed by atoms with Crippen molar-refractivity contribution >= 4 is 45.9 Å². The fraction of sp³-hybridized carbons (Fsp3) is 0.924. The van der Waals surface area contributed by atoms with E-state index in [1.54, 1.807) is 0 Å². The summed E-state index contributed by atoms with van der Waals surface area (Å²) in [5.41, 5.74) is 0. The average molecular weight is 2160 g/mol. The van der Waals surface area contributed by atoms with E-state index in [0.29, 0.717) is 0 Å². The highest BCUT2D eigenvalue weighted by atomic mass is 32.3. The maximum Gasteiger partial charge on any atom is 0.397 e. The van der Waals surface area contributed by atoms with Gasteiger partial charge >= 0.3 is 16.4 Å². The smallest absolute Gasteiger partial charge is 0.397 e. The predicted molar refractivity (Wildman–Crippen MR) is 447 cm³/mol. The summed E-state index contributed by atoms with van der Waals surface area (Å²) in [7, 11) is -5.54. The Morgan fingerprint density at radius 2 is 0.658 bits per heavy atom. The van der Waals surface area contributed by atoms with Crippen molar-refractivity contribution in [2.75, 3.05) is 66.1 Å². The van der Waals surface area contributed by atoms with E-state index in [-0.39, 0.29) is 0 Å². The van der Waals surface area contributed by atoms with E-state index in [1.807, 2.05) is 0 Å². The molecule has 0 radical (unpaired) electrons. The molecule has 0 aromatic carbocycles. The van der Waals surface area contributed by atoms with Crippen LogP contribution in [0.2, 0.25) is 0 Å². The zero-order chi connectivity index (χ0) is 108. The normalized spacial score (nSPS) is 47.2. The first-order valence-corrected chi connectivity index (χ1v) is 47.2. The van der Waals surface area contributed by atoms with E-state index in [4.69, 9.17) is 99.5 Å². The molecule has 844 valence electrons. The number of hydrogen-bond donors (Lipinski definition) is 36. The molecule has 0 aromatic heterocycles. The van der Waals surface area contributed by atoms with E-state index in [0.717, 1.165) is 34.6 Å². The number of aliphatic hydroxyl groups is 29. The van der Waals surface area contributed by atoms with Gasteiger partial charge in [0.05, 0.1) is 84.3 Å². The highest BCUT2D eigenvalue weighted by molar-refractivity contribution is 7.80. The number of carboxylic acids is 1. The first-order chi connectivity index (χ1) is 68.6. The van der Waals surface area contributed by atoms with Crippen LogP contribution in [0.3, 0.4) is 0 Å². The molecular weight excluding hydrogens is 2030 g/mol. The lowest BCUT2D eigenvalue weighted by molar-refractivity contribution is -0.399. The number of amides is 5. The minimum atomic E-state index is -5.54. The van der Waals surface area contributed by atoms with E-state index >= 15 is 0 Å². The minimum Gasteiger partial charge on any atom is -0.477 e. The van der Waals surface area contributed by atoms with Gasteiger partial charge in [-0.15, -0.1) is 0 Å². The number of carbonyl (C=O) groups excluding carboxylic acids is 5. The van der Waals surface area contributed by atoms with Gasteiger partial charge in [-0.3, -0.25) is 28.5 Å². The van der Waals surface area contributed by atoms with Gasteiger partial charge in [-0.05, 0) is 6.92 Å². The number of carboxylic acid groups (broad SMARTS) is 1. The van der Waals surface area contributed by atoms with Gasteiger partial charge in [0.1, 0.15) is 256 Å². The maximum atomic E-state index is 13.4. The van der Waals surface area contributed by atoms with Crippen LogP contribution in [-0.2, 0) is 143 Å². The molecule has 66 nitrogen and oxygen atoms in total. The molecule has 146 heavy (non-hydrogen) atoms. The van der Waals surface area contributed by atoms with Crippen LogP contribution in [0.5, 0.6) is 0 Å². The molecule has 0 aromatic rings. The molecule has 0 unspecified atom stereocenters. The molecule has 11 aliphatic heterocycles. The highest BCUT2D eigenvalue weighted by Crippen LogP contribution is 2.43. The summed E-state index contributed by atoms with van der Waals surface area (Å²) in [5, 5.41) is 350. The van der Waals surface area contributed by atoms with Crippen molar-refractivity contribution in [3.8, 4) is 0 Å². The molecule has 11 aliphatic rings. The second-order valence-electron chi connectivity index (χ2n) is 36.5. The summed E-state index contributed by atoms with van der Waals surface area (Å²) in [4.78, 5) is 77.6. The number of nitrogens with one attached hydrogen (secondary N) is 5. The zero-order valence-electron chi connectivity index (χ0n) is 78.1. The summed E-state index contributed by atoms with van der Waals surface area (Å²) < 4.78 is 162. The third kappa shape index (κ3) is 27.4. The fourth-order valence-corrected chi connectivity index (χ4v) is 19.0. The van der Waals surface area contributed by atoms with Crippen LogP contribution < -0.4 is 26.6 Å². The molecule has 0 spiro atoms. The average Bonchev–Trinajstić information content (AvgIpc) is 0.768. The maximum absolute atomic E-state index is 13.4. The Kier molecular flexibility index (Phi) is 42.9. The molecule has 67 heteroatoms. The lowest BCUT2D eigenvalue weighted by atomic mass is 9.88. The van der Waals surface area contributed by atoms with E-state index in [2.05, 4.69) is 30.8 Å². The van der Waals surface area contributed by atoms with Crippen LogP contribution in [0.25, 0.3) is 0 Å². The third-order valence-corrected chi connectivity index (χ3v) is 26.6. The van der Waals surface area contributed by atoms with Crippen molar-refractivity contribution in [3.05, 3.63) is 0 Å². The van der Waals surface area contributed by atoms with Gasteiger partial charge in [0.2, 0.25) is 29.5 Å². The molecule has 11 rings (SSSR count). The quantitative estimate of drug-likeness (QED) is 0.0253. The van der Waals surface area contributed by atoms with Gasteiger partial charge in [0.25, 0.3) is 5.79 Å². The van der Waals surface area contributed by atoms with Crippen molar-refractivity contribution in [2.24, 2.45) is 0 Å². The third-order valence-electron chi connectivity index (χ3n) is 26.1. The number of carbonyl (C=O) groups is 6. The Bertz CT molecular complexity index is 4300. The Hall–Kier alpha value is -5.31. The molecule has 5 amide bonds. The molecule has 11 heterocycles. The van der Waals surface area contributed by atoms with E-state index in [1.165, 1.54) is 6.92 Å². The first kappa shape index (κ1) is 121. The van der Waals surface area contributed by atoms with Gasteiger partial charge in [-0.2, -0.15) is 8.42 Å². The number of ether oxygens (including phenoxy) is 21. The van der Waals surface area contributed by atoms with Crippen LogP contribution in [-0.4, -0.2) is 611 Å². The number of rotatable bonds is 40. The summed E-state index contributed by atoms with van der Waals surface area (Å²) in [5.74, 6) is -10.2. The molecule has 11 fully saturated rings. The molecular formula is C79H131N5O61S. The number of aliphatic carboxylic acids is 1. The Balaban J connectivity index is 0.912. The lowest BCUT2D eigenvalue weighted by Crippen LogP contribution is -2.71. The van der Waals surface area contributed by atoms with Crippen LogP contribution in [0, 0.1) is 0 Å². The molecule has 0 bridgehead atoms. The number of hydrogen-bond acceptors (Lipinski definition) is 59. The van der Waals surface area contributed by atoms with Crippen molar-refractivity contribution in [1.29, 1.82) is 0 Å². The van der Waals surface area contributed by atoms with Gasteiger partial charge < -0.3 is 279 Å². The summed E-state index contributed by atoms with van der Waals surface area (Å²) in [6, 6.07) is -9.89. The molecule has 56 atom stereocenters. The Labute approximate surface area is 825 Å². The van der Waals surface area contributed by atoms with E-state index < -0.39 is 461 Å².